The van der Waals surface area contributed by atoms with Crippen LogP contribution in [0.4, 0.5) is 17.8 Å². The molecule has 0 saturated heterocycles. The van der Waals surface area contributed by atoms with Crippen LogP contribution in [0.5, 0.6) is 0 Å². The van der Waals surface area contributed by atoms with Crippen LogP contribution >= 0.6 is 0 Å². The number of aromatic nitrogens is 3. The summed E-state index contributed by atoms with van der Waals surface area (Å²) >= 11 is 0. The number of anilines is 3. The fourth-order valence-electron chi connectivity index (χ4n) is 2.37. The van der Waals surface area contributed by atoms with Crippen molar-refractivity contribution in [3.05, 3.63) is 0 Å². The molecule has 1 aliphatic rings. The summed E-state index contributed by atoms with van der Waals surface area (Å²) in [6.45, 7) is 6.49. The van der Waals surface area contributed by atoms with E-state index in [9.17, 15) is 0 Å². The van der Waals surface area contributed by atoms with Crippen LogP contribution in [0.25, 0.3) is 0 Å². The molecule has 1 aliphatic carbocycles. The fourth-order valence-corrected chi connectivity index (χ4v) is 2.37. The summed E-state index contributed by atoms with van der Waals surface area (Å²) in [6.07, 6.45) is 3.35. The molecule has 0 aromatic carbocycles. The summed E-state index contributed by atoms with van der Waals surface area (Å²) < 4.78 is 5.57. The van der Waals surface area contributed by atoms with Crippen LogP contribution in [0.3, 0.4) is 0 Å². The molecular formula is C13H24N6O. The van der Waals surface area contributed by atoms with Crippen molar-refractivity contribution in [1.82, 2.24) is 15.0 Å². The fraction of sp³-hybridized carbons (Fsp3) is 0.769. The Balaban J connectivity index is 2.07. The van der Waals surface area contributed by atoms with Crippen molar-refractivity contribution in [2.75, 3.05) is 42.7 Å². The molecule has 0 aliphatic heterocycles. The van der Waals surface area contributed by atoms with Gasteiger partial charge >= 0.3 is 0 Å². The lowest BCUT2D eigenvalue weighted by atomic mass is 9.80. The third kappa shape index (κ3) is 3.09. The van der Waals surface area contributed by atoms with Gasteiger partial charge in [-0.15, -0.1) is 0 Å². The first-order valence-corrected chi connectivity index (χ1v) is 7.18. The molecule has 0 bridgehead atoms. The maximum atomic E-state index is 5.76. The van der Waals surface area contributed by atoms with Crippen LogP contribution in [0.1, 0.15) is 33.1 Å². The van der Waals surface area contributed by atoms with E-state index < -0.39 is 0 Å². The quantitative estimate of drug-likeness (QED) is 0.777. The Morgan fingerprint density at radius 1 is 1.25 bits per heavy atom. The number of hydrogen-bond acceptors (Lipinski definition) is 7. The number of nitrogen functional groups attached to an aromatic ring is 1. The molecular weight excluding hydrogens is 256 g/mol. The molecule has 3 N–H and O–H groups in total. The lowest BCUT2D eigenvalue weighted by Crippen LogP contribution is -2.45. The predicted octanol–water partition coefficient (Wildman–Crippen LogP) is 1.28. The van der Waals surface area contributed by atoms with Crippen LogP contribution in [-0.4, -0.2) is 47.3 Å². The molecule has 7 heteroatoms. The van der Waals surface area contributed by atoms with E-state index in [4.69, 9.17) is 10.5 Å². The molecule has 1 heterocycles. The normalized spacial score (nSPS) is 16.6. The Bertz CT molecular complexity index is 439. The largest absolute Gasteiger partial charge is 0.376 e. The van der Waals surface area contributed by atoms with Gasteiger partial charge in [0.25, 0.3) is 0 Å². The molecule has 0 spiro atoms. The number of nitrogens with two attached hydrogens (primary N) is 1. The van der Waals surface area contributed by atoms with Gasteiger partial charge < -0.3 is 20.7 Å². The van der Waals surface area contributed by atoms with Crippen molar-refractivity contribution in [2.24, 2.45) is 0 Å². The number of nitrogens with one attached hydrogen (secondary N) is 1. The first kappa shape index (κ1) is 14.8. The van der Waals surface area contributed by atoms with Crippen LogP contribution in [0.2, 0.25) is 0 Å². The molecule has 112 valence electrons. The average molecular weight is 280 g/mol. The summed E-state index contributed by atoms with van der Waals surface area (Å²) in [4.78, 5) is 14.8. The molecule has 2 rings (SSSR count). The van der Waals surface area contributed by atoms with Crippen molar-refractivity contribution in [2.45, 2.75) is 38.7 Å². The second kappa shape index (κ2) is 6.21. The van der Waals surface area contributed by atoms with Gasteiger partial charge in [-0.2, -0.15) is 15.0 Å². The van der Waals surface area contributed by atoms with E-state index in [0.29, 0.717) is 18.4 Å². The summed E-state index contributed by atoms with van der Waals surface area (Å²) in [6, 6.07) is 0. The summed E-state index contributed by atoms with van der Waals surface area (Å²) in [5.41, 5.74) is 5.69. The van der Waals surface area contributed by atoms with Gasteiger partial charge in [-0.05, 0) is 33.1 Å². The third-order valence-electron chi connectivity index (χ3n) is 3.95. The number of hydrogen-bond donors (Lipinski definition) is 2. The van der Waals surface area contributed by atoms with Gasteiger partial charge in [-0.25, -0.2) is 0 Å². The van der Waals surface area contributed by atoms with Crippen LogP contribution in [0.15, 0.2) is 0 Å². The average Bonchev–Trinajstić information content (AvgIpc) is 2.39. The smallest absolute Gasteiger partial charge is 0.231 e. The number of rotatable bonds is 7. The standard InChI is InChI=1S/C13H24N6O/c1-4-19(5-2)12-17-10(14)16-11(18-12)15-9-13(20-3)7-6-8-13/h4-9H2,1-3H3,(H3,14,15,16,17,18). The highest BCUT2D eigenvalue weighted by Crippen LogP contribution is 2.34. The number of ether oxygens (including phenoxy) is 1. The highest BCUT2D eigenvalue weighted by Gasteiger charge is 2.36. The van der Waals surface area contributed by atoms with E-state index in [1.54, 1.807) is 7.11 Å². The van der Waals surface area contributed by atoms with Gasteiger partial charge in [0, 0.05) is 26.7 Å². The van der Waals surface area contributed by atoms with Crippen molar-refractivity contribution in [3.63, 3.8) is 0 Å². The van der Waals surface area contributed by atoms with E-state index in [-0.39, 0.29) is 11.5 Å². The van der Waals surface area contributed by atoms with Crippen molar-refractivity contribution in [3.8, 4) is 0 Å². The number of methoxy groups -OCH3 is 1. The molecule has 0 radical (unpaired) electrons. The van der Waals surface area contributed by atoms with Crippen molar-refractivity contribution >= 4 is 17.8 Å². The third-order valence-corrected chi connectivity index (χ3v) is 3.95. The summed E-state index contributed by atoms with van der Waals surface area (Å²) in [7, 11) is 1.75. The monoisotopic (exact) mass is 280 g/mol. The lowest BCUT2D eigenvalue weighted by Gasteiger charge is -2.40. The van der Waals surface area contributed by atoms with Gasteiger partial charge in [0.1, 0.15) is 0 Å². The molecule has 1 saturated carbocycles. The van der Waals surface area contributed by atoms with E-state index in [1.807, 2.05) is 4.90 Å². The van der Waals surface area contributed by atoms with Gasteiger partial charge in [0.2, 0.25) is 17.8 Å². The zero-order valence-electron chi connectivity index (χ0n) is 12.5. The topological polar surface area (TPSA) is 89.2 Å². The summed E-state index contributed by atoms with van der Waals surface area (Å²) in [5, 5.41) is 3.23. The van der Waals surface area contributed by atoms with E-state index in [2.05, 4.69) is 34.1 Å². The Labute approximate surface area is 119 Å². The second-order valence-electron chi connectivity index (χ2n) is 5.08. The van der Waals surface area contributed by atoms with Gasteiger partial charge in [-0.1, -0.05) is 0 Å². The Morgan fingerprint density at radius 2 is 1.95 bits per heavy atom. The minimum Gasteiger partial charge on any atom is -0.376 e. The van der Waals surface area contributed by atoms with E-state index >= 15 is 0 Å². The molecule has 1 fully saturated rings. The highest BCUT2D eigenvalue weighted by molar-refractivity contribution is 5.42. The Kier molecular flexibility index (Phi) is 4.59. The van der Waals surface area contributed by atoms with Gasteiger partial charge in [0.15, 0.2) is 0 Å². The molecule has 0 unspecified atom stereocenters. The SMILES string of the molecule is CCN(CC)c1nc(N)nc(NCC2(OC)CCC2)n1. The van der Waals surface area contributed by atoms with Crippen LogP contribution in [-0.2, 0) is 4.74 Å². The zero-order chi connectivity index (χ0) is 14.6. The molecule has 0 amide bonds. The zero-order valence-corrected chi connectivity index (χ0v) is 12.5. The second-order valence-corrected chi connectivity index (χ2v) is 5.08. The van der Waals surface area contributed by atoms with Crippen LogP contribution < -0.4 is 16.0 Å². The van der Waals surface area contributed by atoms with Crippen LogP contribution in [0, 0.1) is 0 Å². The maximum Gasteiger partial charge on any atom is 0.231 e. The van der Waals surface area contributed by atoms with Gasteiger partial charge in [0.05, 0.1) is 5.60 Å². The minimum absolute atomic E-state index is 0.0727. The molecule has 0 atom stereocenters. The first-order chi connectivity index (χ1) is 9.62. The molecule has 1 aromatic heterocycles. The lowest BCUT2D eigenvalue weighted by molar-refractivity contribution is -0.0602. The predicted molar refractivity (Wildman–Crippen MR) is 79.9 cm³/mol. The van der Waals surface area contributed by atoms with E-state index in [1.165, 1.54) is 6.42 Å². The molecule has 7 nitrogen and oxygen atoms in total. The maximum absolute atomic E-state index is 5.76. The Morgan fingerprint density at radius 3 is 2.45 bits per heavy atom. The van der Waals surface area contributed by atoms with E-state index in [0.717, 1.165) is 25.9 Å². The minimum atomic E-state index is -0.0727. The number of nitrogens with zero attached hydrogens (tertiary/aromatic N) is 4. The van der Waals surface area contributed by atoms with Crippen molar-refractivity contribution < 1.29 is 4.74 Å². The summed E-state index contributed by atoms with van der Waals surface area (Å²) in [5.74, 6) is 1.37. The Hall–Kier alpha value is -1.63. The molecule has 20 heavy (non-hydrogen) atoms. The van der Waals surface area contributed by atoms with Crippen molar-refractivity contribution in [1.29, 1.82) is 0 Å². The van der Waals surface area contributed by atoms with Gasteiger partial charge in [-0.3, -0.25) is 0 Å². The highest BCUT2D eigenvalue weighted by atomic mass is 16.5. The first-order valence-electron chi connectivity index (χ1n) is 7.18. The molecule has 1 aromatic rings.